The standard InChI is InChI=1S/C16H29F3N2/c1-13(2)20-11-15(7-3-4-8-15)12-21-9-5-14(6-10-21)16(17,18)19/h13-14,20H,3-12H2,1-2H3. The number of nitrogens with one attached hydrogen (secondary N) is 1. The lowest BCUT2D eigenvalue weighted by Crippen LogP contribution is -2.47. The largest absolute Gasteiger partial charge is 0.391 e. The first-order valence-corrected chi connectivity index (χ1v) is 8.33. The van der Waals surface area contributed by atoms with E-state index in [0.717, 1.165) is 13.1 Å². The van der Waals surface area contributed by atoms with Gasteiger partial charge in [0.1, 0.15) is 0 Å². The van der Waals surface area contributed by atoms with Crippen LogP contribution >= 0.6 is 0 Å². The Morgan fingerprint density at radius 3 is 2.19 bits per heavy atom. The lowest BCUT2D eigenvalue weighted by atomic mass is 9.84. The van der Waals surface area contributed by atoms with Gasteiger partial charge in [-0.3, -0.25) is 0 Å². The molecule has 0 radical (unpaired) electrons. The number of alkyl halides is 3. The summed E-state index contributed by atoms with van der Waals surface area (Å²) in [7, 11) is 0. The smallest absolute Gasteiger partial charge is 0.314 e. The minimum absolute atomic E-state index is 0.275. The quantitative estimate of drug-likeness (QED) is 0.830. The molecule has 124 valence electrons. The summed E-state index contributed by atoms with van der Waals surface area (Å²) in [5, 5.41) is 3.54. The maximum absolute atomic E-state index is 12.7. The Morgan fingerprint density at radius 2 is 1.71 bits per heavy atom. The van der Waals surface area contributed by atoms with Crippen LogP contribution < -0.4 is 5.32 Å². The van der Waals surface area contributed by atoms with Crippen molar-refractivity contribution >= 4 is 0 Å². The molecule has 1 aliphatic carbocycles. The fourth-order valence-electron chi connectivity index (χ4n) is 3.83. The topological polar surface area (TPSA) is 15.3 Å². The van der Waals surface area contributed by atoms with Crippen LogP contribution in [0.2, 0.25) is 0 Å². The van der Waals surface area contributed by atoms with E-state index in [1.54, 1.807) is 0 Å². The maximum atomic E-state index is 12.7. The van der Waals surface area contributed by atoms with Gasteiger partial charge in [-0.2, -0.15) is 13.2 Å². The van der Waals surface area contributed by atoms with Gasteiger partial charge in [0.2, 0.25) is 0 Å². The van der Waals surface area contributed by atoms with Gasteiger partial charge in [-0.25, -0.2) is 0 Å². The molecule has 0 aromatic heterocycles. The van der Waals surface area contributed by atoms with Gasteiger partial charge in [0.05, 0.1) is 5.92 Å². The fourth-order valence-corrected chi connectivity index (χ4v) is 3.83. The summed E-state index contributed by atoms with van der Waals surface area (Å²) in [5.74, 6) is -1.08. The van der Waals surface area contributed by atoms with Crippen molar-refractivity contribution in [1.29, 1.82) is 0 Å². The molecule has 0 bridgehead atoms. The van der Waals surface area contributed by atoms with E-state index in [0.29, 0.717) is 19.1 Å². The zero-order chi connectivity index (χ0) is 15.5. The summed E-state index contributed by atoms with van der Waals surface area (Å²) in [6.45, 7) is 7.48. The van der Waals surface area contributed by atoms with Gasteiger partial charge in [-0.1, -0.05) is 26.7 Å². The van der Waals surface area contributed by atoms with Crippen molar-refractivity contribution in [2.24, 2.45) is 11.3 Å². The third-order valence-corrected chi connectivity index (χ3v) is 5.16. The number of nitrogens with zero attached hydrogens (tertiary/aromatic N) is 1. The van der Waals surface area contributed by atoms with Crippen LogP contribution in [0, 0.1) is 11.3 Å². The van der Waals surface area contributed by atoms with Crippen molar-refractivity contribution in [3.63, 3.8) is 0 Å². The van der Waals surface area contributed by atoms with Gasteiger partial charge in [0.25, 0.3) is 0 Å². The molecule has 2 nitrogen and oxygen atoms in total. The summed E-state index contributed by atoms with van der Waals surface area (Å²) in [6.07, 6.45) is 1.50. The SMILES string of the molecule is CC(C)NCC1(CN2CCC(C(F)(F)F)CC2)CCCC1. The van der Waals surface area contributed by atoms with Crippen LogP contribution in [0.25, 0.3) is 0 Å². The van der Waals surface area contributed by atoms with E-state index < -0.39 is 12.1 Å². The number of hydrogen-bond acceptors (Lipinski definition) is 2. The Bertz CT molecular complexity index is 314. The van der Waals surface area contributed by atoms with E-state index in [1.165, 1.54) is 25.7 Å². The Hall–Kier alpha value is -0.290. The molecule has 2 rings (SSSR count). The minimum atomic E-state index is -4.00. The fraction of sp³-hybridized carbons (Fsp3) is 1.00. The number of halogens is 3. The molecule has 2 aliphatic rings. The van der Waals surface area contributed by atoms with E-state index in [2.05, 4.69) is 24.1 Å². The summed E-state index contributed by atoms with van der Waals surface area (Å²) < 4.78 is 38.2. The number of hydrogen-bond donors (Lipinski definition) is 1. The predicted molar refractivity (Wildman–Crippen MR) is 79.3 cm³/mol. The average molecular weight is 306 g/mol. The molecule has 5 heteroatoms. The highest BCUT2D eigenvalue weighted by Crippen LogP contribution is 2.40. The van der Waals surface area contributed by atoms with E-state index in [4.69, 9.17) is 0 Å². The van der Waals surface area contributed by atoms with Crippen molar-refractivity contribution in [2.75, 3.05) is 26.2 Å². The average Bonchev–Trinajstić information content (AvgIpc) is 2.85. The van der Waals surface area contributed by atoms with E-state index in [9.17, 15) is 13.2 Å². The van der Waals surface area contributed by atoms with E-state index in [1.807, 2.05) is 0 Å². The molecule has 0 spiro atoms. The first-order chi connectivity index (χ1) is 9.81. The molecule has 0 aromatic rings. The van der Waals surface area contributed by atoms with Gasteiger partial charge in [-0.15, -0.1) is 0 Å². The van der Waals surface area contributed by atoms with Gasteiger partial charge in [0, 0.05) is 19.1 Å². The second kappa shape index (κ2) is 6.86. The molecule has 21 heavy (non-hydrogen) atoms. The van der Waals surface area contributed by atoms with Crippen molar-refractivity contribution in [3.8, 4) is 0 Å². The molecule has 0 unspecified atom stereocenters. The van der Waals surface area contributed by atoms with Gasteiger partial charge in [0.15, 0.2) is 0 Å². The third-order valence-electron chi connectivity index (χ3n) is 5.16. The molecule has 0 atom stereocenters. The highest BCUT2D eigenvalue weighted by atomic mass is 19.4. The van der Waals surface area contributed by atoms with Crippen molar-refractivity contribution in [2.45, 2.75) is 64.6 Å². The molecule has 2 fully saturated rings. The summed E-state index contributed by atoms with van der Waals surface area (Å²) in [6, 6.07) is 0.471. The monoisotopic (exact) mass is 306 g/mol. The van der Waals surface area contributed by atoms with Crippen LogP contribution in [-0.4, -0.2) is 43.3 Å². The zero-order valence-corrected chi connectivity index (χ0v) is 13.3. The molecular weight excluding hydrogens is 277 g/mol. The minimum Gasteiger partial charge on any atom is -0.314 e. The number of likely N-dealkylation sites (tertiary alicyclic amines) is 1. The van der Waals surface area contributed by atoms with Crippen LogP contribution in [0.5, 0.6) is 0 Å². The molecule has 1 aliphatic heterocycles. The van der Waals surface area contributed by atoms with Crippen LogP contribution in [-0.2, 0) is 0 Å². The molecule has 1 heterocycles. The summed E-state index contributed by atoms with van der Waals surface area (Å²) in [5.41, 5.74) is 0.287. The Balaban J connectivity index is 1.85. The van der Waals surface area contributed by atoms with Gasteiger partial charge >= 0.3 is 6.18 Å². The van der Waals surface area contributed by atoms with Gasteiger partial charge in [-0.05, 0) is 44.2 Å². The predicted octanol–water partition coefficient (Wildman–Crippen LogP) is 3.82. The molecule has 0 amide bonds. The van der Waals surface area contributed by atoms with Crippen LogP contribution in [0.3, 0.4) is 0 Å². The molecule has 1 N–H and O–H groups in total. The first-order valence-electron chi connectivity index (χ1n) is 8.33. The normalized spacial score (nSPS) is 24.9. The lowest BCUT2D eigenvalue weighted by molar-refractivity contribution is -0.185. The Morgan fingerprint density at radius 1 is 1.14 bits per heavy atom. The number of rotatable bonds is 5. The summed E-state index contributed by atoms with van der Waals surface area (Å²) >= 11 is 0. The Kier molecular flexibility index (Phi) is 5.58. The molecular formula is C16H29F3N2. The highest BCUT2D eigenvalue weighted by molar-refractivity contribution is 4.91. The third kappa shape index (κ3) is 4.85. The maximum Gasteiger partial charge on any atom is 0.391 e. The zero-order valence-electron chi connectivity index (χ0n) is 13.3. The molecule has 1 saturated heterocycles. The molecule has 0 aromatic carbocycles. The molecule has 1 saturated carbocycles. The van der Waals surface area contributed by atoms with Crippen LogP contribution in [0.1, 0.15) is 52.4 Å². The number of piperidine rings is 1. The van der Waals surface area contributed by atoms with Crippen LogP contribution in [0.4, 0.5) is 13.2 Å². The van der Waals surface area contributed by atoms with E-state index >= 15 is 0 Å². The van der Waals surface area contributed by atoms with Crippen molar-refractivity contribution < 1.29 is 13.2 Å². The van der Waals surface area contributed by atoms with Crippen molar-refractivity contribution in [3.05, 3.63) is 0 Å². The second-order valence-corrected chi connectivity index (χ2v) is 7.33. The first kappa shape index (κ1) is 17.1. The highest BCUT2D eigenvalue weighted by Gasteiger charge is 2.42. The summed E-state index contributed by atoms with van der Waals surface area (Å²) in [4.78, 5) is 2.27. The van der Waals surface area contributed by atoms with Gasteiger partial charge < -0.3 is 10.2 Å². The van der Waals surface area contributed by atoms with E-state index in [-0.39, 0.29) is 18.3 Å². The lowest BCUT2D eigenvalue weighted by Gasteiger charge is -2.40. The van der Waals surface area contributed by atoms with Crippen LogP contribution in [0.15, 0.2) is 0 Å². The van der Waals surface area contributed by atoms with Crippen molar-refractivity contribution in [1.82, 2.24) is 10.2 Å². The Labute approximate surface area is 126 Å². The second-order valence-electron chi connectivity index (χ2n) is 7.33.